The molecule has 0 amide bonds. The van der Waals surface area contributed by atoms with Crippen molar-refractivity contribution in [1.29, 1.82) is 0 Å². The summed E-state index contributed by atoms with van der Waals surface area (Å²) < 4.78 is 25.8. The number of hydrogen-bond donors (Lipinski definition) is 3. The predicted octanol–water partition coefficient (Wildman–Crippen LogP) is 3.12. The van der Waals surface area contributed by atoms with Crippen LogP contribution < -0.4 is 5.32 Å². The van der Waals surface area contributed by atoms with Gasteiger partial charge in [0.2, 0.25) is 0 Å². The molecule has 3 nitrogen and oxygen atoms in total. The van der Waals surface area contributed by atoms with Crippen LogP contribution in [0, 0.1) is 11.6 Å². The summed E-state index contributed by atoms with van der Waals surface area (Å²) in [5, 5.41) is 21.1. The number of halogens is 2. The minimum Gasteiger partial charge on any atom is -0.508 e. The second-order valence-corrected chi connectivity index (χ2v) is 3.52. The molecular formula is C12H9F2NO2. The van der Waals surface area contributed by atoms with Gasteiger partial charge in [0.15, 0.2) is 0 Å². The van der Waals surface area contributed by atoms with E-state index in [0.29, 0.717) is 5.69 Å². The van der Waals surface area contributed by atoms with Crippen LogP contribution in [0.3, 0.4) is 0 Å². The summed E-state index contributed by atoms with van der Waals surface area (Å²) in [5.74, 6) is -1.72. The number of hydrogen-bond acceptors (Lipinski definition) is 3. The van der Waals surface area contributed by atoms with E-state index in [1.165, 1.54) is 12.1 Å². The van der Waals surface area contributed by atoms with E-state index in [2.05, 4.69) is 5.32 Å². The van der Waals surface area contributed by atoms with Crippen molar-refractivity contribution in [3.05, 3.63) is 48.0 Å². The Morgan fingerprint density at radius 1 is 0.706 bits per heavy atom. The van der Waals surface area contributed by atoms with E-state index in [1.807, 2.05) is 0 Å². The third-order valence-corrected chi connectivity index (χ3v) is 2.05. The average Bonchev–Trinajstić information content (AvgIpc) is 2.13. The van der Waals surface area contributed by atoms with Gasteiger partial charge in [-0.2, -0.15) is 0 Å². The number of phenols is 2. The van der Waals surface area contributed by atoms with E-state index < -0.39 is 11.6 Å². The summed E-state index contributed by atoms with van der Waals surface area (Å²) in [6.45, 7) is 0. The summed E-state index contributed by atoms with van der Waals surface area (Å²) >= 11 is 0. The van der Waals surface area contributed by atoms with Gasteiger partial charge in [0.05, 0.1) is 0 Å². The van der Waals surface area contributed by atoms with Gasteiger partial charge in [-0.25, -0.2) is 8.78 Å². The molecular weight excluding hydrogens is 228 g/mol. The van der Waals surface area contributed by atoms with E-state index in [0.717, 1.165) is 24.3 Å². The number of rotatable bonds is 2. The first-order valence-corrected chi connectivity index (χ1v) is 4.79. The van der Waals surface area contributed by atoms with Crippen LogP contribution in [-0.4, -0.2) is 10.2 Å². The van der Waals surface area contributed by atoms with Crippen molar-refractivity contribution in [2.45, 2.75) is 0 Å². The molecule has 0 aliphatic rings. The molecule has 0 fully saturated rings. The van der Waals surface area contributed by atoms with Crippen LogP contribution >= 0.6 is 0 Å². The second-order valence-electron chi connectivity index (χ2n) is 3.52. The van der Waals surface area contributed by atoms with Gasteiger partial charge in [0.25, 0.3) is 0 Å². The van der Waals surface area contributed by atoms with E-state index in [9.17, 15) is 19.0 Å². The van der Waals surface area contributed by atoms with Crippen molar-refractivity contribution in [2.75, 3.05) is 5.32 Å². The third kappa shape index (κ3) is 2.84. The maximum absolute atomic E-state index is 12.9. The van der Waals surface area contributed by atoms with Gasteiger partial charge in [-0.3, -0.25) is 0 Å². The van der Waals surface area contributed by atoms with E-state index in [-0.39, 0.29) is 17.2 Å². The first kappa shape index (κ1) is 11.2. The maximum Gasteiger partial charge on any atom is 0.128 e. The van der Waals surface area contributed by atoms with Crippen molar-refractivity contribution in [3.63, 3.8) is 0 Å². The lowest BCUT2D eigenvalue weighted by Gasteiger charge is -2.07. The van der Waals surface area contributed by atoms with E-state index >= 15 is 0 Å². The number of aromatic hydroxyl groups is 2. The molecule has 88 valence electrons. The van der Waals surface area contributed by atoms with Gasteiger partial charge in [0.1, 0.15) is 23.1 Å². The van der Waals surface area contributed by atoms with Crippen molar-refractivity contribution in [1.82, 2.24) is 0 Å². The highest BCUT2D eigenvalue weighted by molar-refractivity contribution is 5.63. The predicted molar refractivity (Wildman–Crippen MR) is 59.4 cm³/mol. The van der Waals surface area contributed by atoms with Crippen molar-refractivity contribution >= 4 is 11.4 Å². The average molecular weight is 237 g/mol. The zero-order valence-electron chi connectivity index (χ0n) is 8.61. The summed E-state index contributed by atoms with van der Waals surface area (Å²) in [7, 11) is 0. The molecule has 5 heteroatoms. The molecule has 17 heavy (non-hydrogen) atoms. The van der Waals surface area contributed by atoms with Gasteiger partial charge in [-0.15, -0.1) is 0 Å². The minimum atomic E-state index is -0.711. The molecule has 2 rings (SSSR count). The highest BCUT2D eigenvalue weighted by Crippen LogP contribution is 2.27. The largest absolute Gasteiger partial charge is 0.508 e. The fourth-order valence-electron chi connectivity index (χ4n) is 1.46. The molecule has 2 aromatic carbocycles. The lowest BCUT2D eigenvalue weighted by Crippen LogP contribution is -1.92. The zero-order valence-corrected chi connectivity index (χ0v) is 8.61. The highest BCUT2D eigenvalue weighted by atomic mass is 19.1. The number of phenolic OH excluding ortho intramolecular Hbond substituents is 2. The summed E-state index contributed by atoms with van der Waals surface area (Å²) in [6.07, 6.45) is 0. The summed E-state index contributed by atoms with van der Waals surface area (Å²) in [6, 6.07) is 6.75. The molecule has 0 aromatic heterocycles. The first-order valence-electron chi connectivity index (χ1n) is 4.79. The summed E-state index contributed by atoms with van der Waals surface area (Å²) in [5.41, 5.74) is 0.514. The van der Waals surface area contributed by atoms with Crippen LogP contribution in [0.4, 0.5) is 20.2 Å². The quantitative estimate of drug-likeness (QED) is 0.752. The lowest BCUT2D eigenvalue weighted by atomic mass is 10.2. The fraction of sp³-hybridized carbons (Fsp3) is 0. The number of benzene rings is 2. The molecule has 0 heterocycles. The molecule has 0 spiro atoms. The molecule has 0 radical (unpaired) electrons. The van der Waals surface area contributed by atoms with Crippen molar-refractivity contribution < 1.29 is 19.0 Å². The molecule has 0 bridgehead atoms. The second kappa shape index (κ2) is 4.29. The number of nitrogens with one attached hydrogen (secondary N) is 1. The van der Waals surface area contributed by atoms with Crippen LogP contribution in [0.2, 0.25) is 0 Å². The normalized spacial score (nSPS) is 10.2. The monoisotopic (exact) mass is 237 g/mol. The Balaban J connectivity index is 2.31. The first-order chi connectivity index (χ1) is 8.02. The lowest BCUT2D eigenvalue weighted by molar-refractivity contribution is 0.451. The SMILES string of the molecule is Oc1cc(O)cc(Nc2cc(F)cc(F)c2)c1. The van der Waals surface area contributed by atoms with Crippen LogP contribution in [0.1, 0.15) is 0 Å². The van der Waals surface area contributed by atoms with Gasteiger partial charge < -0.3 is 15.5 Å². The molecule has 0 saturated carbocycles. The molecule has 0 unspecified atom stereocenters. The highest BCUT2D eigenvalue weighted by Gasteiger charge is 2.03. The van der Waals surface area contributed by atoms with Gasteiger partial charge in [0, 0.05) is 35.6 Å². The molecule has 3 N–H and O–H groups in total. The van der Waals surface area contributed by atoms with Gasteiger partial charge >= 0.3 is 0 Å². The van der Waals surface area contributed by atoms with Crippen molar-refractivity contribution in [3.8, 4) is 11.5 Å². The van der Waals surface area contributed by atoms with Crippen LogP contribution in [0.25, 0.3) is 0 Å². The van der Waals surface area contributed by atoms with Crippen LogP contribution in [-0.2, 0) is 0 Å². The smallest absolute Gasteiger partial charge is 0.128 e. The Morgan fingerprint density at radius 2 is 1.18 bits per heavy atom. The Labute approximate surface area is 96.0 Å². The Morgan fingerprint density at radius 3 is 1.71 bits per heavy atom. The summed E-state index contributed by atoms with van der Waals surface area (Å²) in [4.78, 5) is 0. The van der Waals surface area contributed by atoms with E-state index in [4.69, 9.17) is 0 Å². The zero-order chi connectivity index (χ0) is 12.4. The standard InChI is InChI=1S/C12H9F2NO2/c13-7-1-8(14)3-9(2-7)15-10-4-11(16)6-12(17)5-10/h1-6,15-17H. The molecule has 0 aliphatic carbocycles. The van der Waals surface area contributed by atoms with Crippen LogP contribution in [0.5, 0.6) is 11.5 Å². The minimum absolute atomic E-state index is 0.149. The Hall–Kier alpha value is -2.30. The topological polar surface area (TPSA) is 52.5 Å². The maximum atomic E-state index is 12.9. The third-order valence-electron chi connectivity index (χ3n) is 2.05. The molecule has 0 aliphatic heterocycles. The molecule has 2 aromatic rings. The number of anilines is 2. The Bertz CT molecular complexity index is 468. The molecule has 0 saturated heterocycles. The van der Waals surface area contributed by atoms with E-state index in [1.54, 1.807) is 0 Å². The molecule has 0 atom stereocenters. The van der Waals surface area contributed by atoms with Gasteiger partial charge in [-0.05, 0) is 12.1 Å². The Kier molecular flexibility index (Phi) is 2.82. The fourth-order valence-corrected chi connectivity index (χ4v) is 1.46. The van der Waals surface area contributed by atoms with Crippen molar-refractivity contribution in [2.24, 2.45) is 0 Å². The van der Waals surface area contributed by atoms with Crippen LogP contribution in [0.15, 0.2) is 36.4 Å². The van der Waals surface area contributed by atoms with Gasteiger partial charge in [-0.1, -0.05) is 0 Å².